The van der Waals surface area contributed by atoms with Gasteiger partial charge in [0, 0.05) is 0 Å². The zero-order valence-electron chi connectivity index (χ0n) is 7.81. The highest BCUT2D eigenvalue weighted by molar-refractivity contribution is 5.82. The molecule has 0 spiro atoms. The lowest BCUT2D eigenvalue weighted by Gasteiger charge is -1.96. The van der Waals surface area contributed by atoms with Crippen LogP contribution in [0.2, 0.25) is 0 Å². The molecule has 0 saturated carbocycles. The van der Waals surface area contributed by atoms with Crippen molar-refractivity contribution in [3.8, 4) is 0 Å². The fraction of sp³-hybridized carbons (Fsp3) is 0. The average molecular weight is 200 g/mol. The van der Waals surface area contributed by atoms with E-state index in [4.69, 9.17) is 0 Å². The lowest BCUT2D eigenvalue weighted by Crippen LogP contribution is -2.05. The van der Waals surface area contributed by atoms with Gasteiger partial charge in [0.1, 0.15) is 6.29 Å². The number of carbonyl (C=O) groups is 1. The third-order valence-corrected chi connectivity index (χ3v) is 2.03. The molecule has 0 aliphatic heterocycles. The maximum Gasteiger partial charge on any atom is 0.258 e. The van der Waals surface area contributed by atoms with Gasteiger partial charge in [0.15, 0.2) is 0 Å². The molecule has 2 aromatic rings. The minimum Gasteiger partial charge on any atom is -0.313 e. The van der Waals surface area contributed by atoms with E-state index in [1.807, 2.05) is 0 Å². The predicted octanol–water partition coefficient (Wildman–Crippen LogP) is 1.14. The van der Waals surface area contributed by atoms with E-state index in [0.717, 1.165) is 5.56 Å². The van der Waals surface area contributed by atoms with Gasteiger partial charge in [-0.3, -0.25) is 9.59 Å². The van der Waals surface area contributed by atoms with Crippen LogP contribution in [0.4, 0.5) is 0 Å². The third kappa shape index (κ3) is 1.83. The summed E-state index contributed by atoms with van der Waals surface area (Å²) in [5.74, 6) is 0. The Morgan fingerprint density at radius 3 is 3.00 bits per heavy atom. The third-order valence-electron chi connectivity index (χ3n) is 2.03. The number of aromatic amines is 1. The summed E-state index contributed by atoms with van der Waals surface area (Å²) in [6.07, 6.45) is 5.12. The van der Waals surface area contributed by atoms with Crippen molar-refractivity contribution in [2.24, 2.45) is 0 Å². The zero-order chi connectivity index (χ0) is 10.7. The van der Waals surface area contributed by atoms with Crippen molar-refractivity contribution < 1.29 is 4.79 Å². The number of nitrogens with zero attached hydrogens (tertiary/aromatic N) is 1. The van der Waals surface area contributed by atoms with Crippen LogP contribution in [0.25, 0.3) is 17.0 Å². The summed E-state index contributed by atoms with van der Waals surface area (Å²) in [7, 11) is 0. The Bertz CT molecular complexity index is 584. The van der Waals surface area contributed by atoms with Crippen molar-refractivity contribution in [2.75, 3.05) is 0 Å². The van der Waals surface area contributed by atoms with E-state index >= 15 is 0 Å². The van der Waals surface area contributed by atoms with Gasteiger partial charge in [-0.15, -0.1) is 0 Å². The van der Waals surface area contributed by atoms with Crippen molar-refractivity contribution >= 4 is 23.3 Å². The van der Waals surface area contributed by atoms with Crippen LogP contribution in [-0.4, -0.2) is 16.3 Å². The Morgan fingerprint density at radius 1 is 1.33 bits per heavy atom. The SMILES string of the molecule is O=CC=Cc1ccc2c(=O)[nH]cnc2c1. The molecule has 1 aromatic heterocycles. The number of allylic oxidation sites excluding steroid dienone is 1. The number of hydrogen-bond acceptors (Lipinski definition) is 3. The molecule has 0 aliphatic rings. The molecule has 0 bridgehead atoms. The number of H-pyrrole nitrogens is 1. The monoisotopic (exact) mass is 200 g/mol. The van der Waals surface area contributed by atoms with Crippen LogP contribution in [0, 0.1) is 0 Å². The van der Waals surface area contributed by atoms with Crippen LogP contribution in [0.5, 0.6) is 0 Å². The predicted molar refractivity (Wildman–Crippen MR) is 57.5 cm³/mol. The maximum atomic E-state index is 11.3. The fourth-order valence-corrected chi connectivity index (χ4v) is 1.34. The summed E-state index contributed by atoms with van der Waals surface area (Å²) in [5, 5.41) is 0.542. The van der Waals surface area contributed by atoms with Crippen molar-refractivity contribution in [1.82, 2.24) is 9.97 Å². The van der Waals surface area contributed by atoms with E-state index in [9.17, 15) is 9.59 Å². The van der Waals surface area contributed by atoms with Crippen LogP contribution in [0.15, 0.2) is 35.4 Å². The molecular formula is C11H8N2O2. The zero-order valence-corrected chi connectivity index (χ0v) is 7.81. The second-order valence-corrected chi connectivity index (χ2v) is 3.00. The second-order valence-electron chi connectivity index (χ2n) is 3.00. The smallest absolute Gasteiger partial charge is 0.258 e. The largest absolute Gasteiger partial charge is 0.313 e. The van der Waals surface area contributed by atoms with Crippen LogP contribution in [0.1, 0.15) is 5.56 Å². The van der Waals surface area contributed by atoms with Gasteiger partial charge in [-0.1, -0.05) is 12.1 Å². The summed E-state index contributed by atoms with van der Waals surface area (Å²) in [5.41, 5.74) is 1.30. The summed E-state index contributed by atoms with van der Waals surface area (Å²) in [4.78, 5) is 28.0. The summed E-state index contributed by atoms with van der Waals surface area (Å²) < 4.78 is 0. The number of fused-ring (bicyclic) bond motifs is 1. The Hall–Kier alpha value is -2.23. The van der Waals surface area contributed by atoms with Crippen LogP contribution >= 0.6 is 0 Å². The van der Waals surface area contributed by atoms with E-state index in [-0.39, 0.29) is 5.56 Å². The number of rotatable bonds is 2. The molecule has 0 amide bonds. The molecular weight excluding hydrogens is 192 g/mol. The molecule has 1 N–H and O–H groups in total. The van der Waals surface area contributed by atoms with Crippen LogP contribution in [0.3, 0.4) is 0 Å². The number of aldehydes is 1. The summed E-state index contributed by atoms with van der Waals surface area (Å²) in [6.45, 7) is 0. The standard InChI is InChI=1S/C11H8N2O2/c14-5-1-2-8-3-4-9-10(6-8)12-7-13-11(9)15/h1-7H,(H,12,13,15). The van der Waals surface area contributed by atoms with Crippen LogP contribution in [-0.2, 0) is 4.79 Å². The molecule has 0 atom stereocenters. The first kappa shape index (κ1) is 9.33. The lowest BCUT2D eigenvalue weighted by molar-refractivity contribution is -0.104. The molecule has 0 aliphatic carbocycles. The van der Waals surface area contributed by atoms with E-state index < -0.39 is 0 Å². The minimum absolute atomic E-state index is 0.161. The minimum atomic E-state index is -0.161. The first-order chi connectivity index (χ1) is 7.31. The fourth-order valence-electron chi connectivity index (χ4n) is 1.34. The van der Waals surface area contributed by atoms with Gasteiger partial charge in [-0.05, 0) is 23.8 Å². The van der Waals surface area contributed by atoms with E-state index in [1.54, 1.807) is 24.3 Å². The Morgan fingerprint density at radius 2 is 2.20 bits per heavy atom. The van der Waals surface area contributed by atoms with Crippen LogP contribution < -0.4 is 5.56 Å². The van der Waals surface area contributed by atoms with Crippen molar-refractivity contribution in [3.05, 3.63) is 46.5 Å². The van der Waals surface area contributed by atoms with Gasteiger partial charge >= 0.3 is 0 Å². The first-order valence-electron chi connectivity index (χ1n) is 4.40. The molecule has 0 fully saturated rings. The quantitative estimate of drug-likeness (QED) is 0.584. The molecule has 15 heavy (non-hydrogen) atoms. The lowest BCUT2D eigenvalue weighted by atomic mass is 10.1. The molecule has 2 rings (SSSR count). The number of nitrogens with one attached hydrogen (secondary N) is 1. The number of benzene rings is 1. The molecule has 4 nitrogen and oxygen atoms in total. The van der Waals surface area contributed by atoms with Gasteiger partial charge in [0.2, 0.25) is 0 Å². The molecule has 0 radical (unpaired) electrons. The molecule has 1 heterocycles. The molecule has 74 valence electrons. The highest BCUT2D eigenvalue weighted by Crippen LogP contribution is 2.10. The molecule has 1 aromatic carbocycles. The second kappa shape index (κ2) is 3.88. The first-order valence-corrected chi connectivity index (χ1v) is 4.40. The average Bonchev–Trinajstić information content (AvgIpc) is 2.26. The molecule has 0 unspecified atom stereocenters. The Kier molecular flexibility index (Phi) is 2.41. The molecule has 4 heteroatoms. The Labute approximate surface area is 85.3 Å². The number of carbonyl (C=O) groups excluding carboxylic acids is 1. The van der Waals surface area contributed by atoms with E-state index in [1.165, 1.54) is 12.4 Å². The highest BCUT2D eigenvalue weighted by Gasteiger charge is 1.98. The van der Waals surface area contributed by atoms with Gasteiger partial charge in [-0.25, -0.2) is 4.98 Å². The van der Waals surface area contributed by atoms with Gasteiger partial charge in [0.25, 0.3) is 5.56 Å². The summed E-state index contributed by atoms with van der Waals surface area (Å²) in [6, 6.07) is 5.20. The van der Waals surface area contributed by atoms with Crippen molar-refractivity contribution in [3.63, 3.8) is 0 Å². The normalized spacial score (nSPS) is 10.9. The molecule has 0 saturated heterocycles. The number of aromatic nitrogens is 2. The van der Waals surface area contributed by atoms with Crippen molar-refractivity contribution in [1.29, 1.82) is 0 Å². The maximum absolute atomic E-state index is 11.3. The number of hydrogen-bond donors (Lipinski definition) is 1. The Balaban J connectivity index is 2.62. The van der Waals surface area contributed by atoms with E-state index in [0.29, 0.717) is 17.2 Å². The van der Waals surface area contributed by atoms with Gasteiger partial charge in [-0.2, -0.15) is 0 Å². The topological polar surface area (TPSA) is 62.8 Å². The highest BCUT2D eigenvalue weighted by atomic mass is 16.1. The summed E-state index contributed by atoms with van der Waals surface area (Å²) >= 11 is 0. The van der Waals surface area contributed by atoms with Gasteiger partial charge < -0.3 is 4.98 Å². The van der Waals surface area contributed by atoms with E-state index in [2.05, 4.69) is 9.97 Å². The van der Waals surface area contributed by atoms with Crippen molar-refractivity contribution in [2.45, 2.75) is 0 Å². The van der Waals surface area contributed by atoms with Gasteiger partial charge in [0.05, 0.1) is 17.2 Å².